The lowest BCUT2D eigenvalue weighted by Crippen LogP contribution is -2.58. The van der Waals surface area contributed by atoms with Gasteiger partial charge in [0.25, 0.3) is 0 Å². The van der Waals surface area contributed by atoms with Gasteiger partial charge in [0.2, 0.25) is 17.7 Å². The van der Waals surface area contributed by atoms with Crippen molar-refractivity contribution in [3.05, 3.63) is 35.9 Å². The minimum Gasteiger partial charge on any atom is -0.481 e. The van der Waals surface area contributed by atoms with Crippen molar-refractivity contribution in [2.75, 3.05) is 11.5 Å². The van der Waals surface area contributed by atoms with Crippen LogP contribution in [0.5, 0.6) is 0 Å². The first-order valence-corrected chi connectivity index (χ1v) is 11.2. The van der Waals surface area contributed by atoms with Crippen LogP contribution >= 0.6 is 25.3 Å². The van der Waals surface area contributed by atoms with Crippen molar-refractivity contribution >= 4 is 54.9 Å². The van der Waals surface area contributed by atoms with E-state index in [1.165, 1.54) is 0 Å². The van der Waals surface area contributed by atoms with Gasteiger partial charge in [-0.05, 0) is 18.4 Å². The normalized spacial score (nSPS) is 14.3. The third-order valence-electron chi connectivity index (χ3n) is 4.53. The molecule has 0 spiro atoms. The molecule has 33 heavy (non-hydrogen) atoms. The molecule has 0 aliphatic carbocycles. The van der Waals surface area contributed by atoms with Crippen molar-refractivity contribution in [3.63, 3.8) is 0 Å². The second-order valence-corrected chi connectivity index (χ2v) is 7.85. The highest BCUT2D eigenvalue weighted by Gasteiger charge is 2.29. The number of hydrogen-bond acceptors (Lipinski definition) is 8. The number of carboxylic acid groups (broad SMARTS) is 2. The minimum absolute atomic E-state index is 0.176. The molecule has 13 heteroatoms. The molecular formula is C20H28N4O7S2. The lowest BCUT2D eigenvalue weighted by atomic mass is 10.0. The summed E-state index contributed by atoms with van der Waals surface area (Å²) in [7, 11) is 0. The number of thiol groups is 2. The Hall–Kier alpha value is -2.77. The van der Waals surface area contributed by atoms with E-state index in [1.54, 1.807) is 24.3 Å². The molecule has 7 N–H and O–H groups in total. The lowest BCUT2D eigenvalue weighted by molar-refractivity contribution is -0.141. The van der Waals surface area contributed by atoms with Crippen LogP contribution in [-0.4, -0.2) is 75.5 Å². The van der Waals surface area contributed by atoms with Gasteiger partial charge in [-0.3, -0.25) is 19.2 Å². The Kier molecular flexibility index (Phi) is 12.3. The van der Waals surface area contributed by atoms with Gasteiger partial charge in [0.1, 0.15) is 18.1 Å². The van der Waals surface area contributed by atoms with Crippen LogP contribution < -0.4 is 21.7 Å². The average Bonchev–Trinajstić information content (AvgIpc) is 2.78. The molecule has 0 saturated heterocycles. The molecule has 4 unspecified atom stereocenters. The van der Waals surface area contributed by atoms with Crippen molar-refractivity contribution in [1.82, 2.24) is 16.0 Å². The Morgan fingerprint density at radius 1 is 0.818 bits per heavy atom. The molecule has 1 aromatic rings. The predicted octanol–water partition coefficient (Wildman–Crippen LogP) is -1.18. The lowest BCUT2D eigenvalue weighted by Gasteiger charge is -2.24. The Bertz CT molecular complexity index is 841. The zero-order valence-electron chi connectivity index (χ0n) is 17.6. The highest BCUT2D eigenvalue weighted by molar-refractivity contribution is 7.80. The Balaban J connectivity index is 2.85. The van der Waals surface area contributed by atoms with Crippen LogP contribution in [0, 0.1) is 0 Å². The summed E-state index contributed by atoms with van der Waals surface area (Å²) < 4.78 is 0. The molecule has 0 radical (unpaired) electrons. The van der Waals surface area contributed by atoms with Crippen molar-refractivity contribution in [3.8, 4) is 0 Å². The zero-order valence-corrected chi connectivity index (χ0v) is 19.4. The molecule has 4 atom stereocenters. The van der Waals surface area contributed by atoms with E-state index in [9.17, 15) is 24.0 Å². The first-order valence-electron chi connectivity index (χ1n) is 9.96. The van der Waals surface area contributed by atoms with Crippen LogP contribution in [0.25, 0.3) is 0 Å². The number of rotatable bonds is 14. The van der Waals surface area contributed by atoms with E-state index in [0.29, 0.717) is 0 Å². The fourth-order valence-electron chi connectivity index (χ4n) is 2.70. The van der Waals surface area contributed by atoms with Gasteiger partial charge in [-0.25, -0.2) is 4.79 Å². The van der Waals surface area contributed by atoms with Crippen LogP contribution in [0.4, 0.5) is 0 Å². The maximum Gasteiger partial charge on any atom is 0.327 e. The summed E-state index contributed by atoms with van der Waals surface area (Å²) in [5, 5.41) is 25.0. The van der Waals surface area contributed by atoms with Gasteiger partial charge in [-0.1, -0.05) is 30.3 Å². The van der Waals surface area contributed by atoms with E-state index in [0.717, 1.165) is 5.56 Å². The van der Waals surface area contributed by atoms with Crippen molar-refractivity contribution in [2.24, 2.45) is 5.73 Å². The van der Waals surface area contributed by atoms with E-state index in [1.807, 2.05) is 6.07 Å². The minimum atomic E-state index is -1.30. The molecule has 0 aliphatic heterocycles. The highest BCUT2D eigenvalue weighted by atomic mass is 32.1. The van der Waals surface area contributed by atoms with Crippen molar-refractivity contribution < 1.29 is 34.2 Å². The van der Waals surface area contributed by atoms with Gasteiger partial charge in [-0.2, -0.15) is 25.3 Å². The maximum absolute atomic E-state index is 12.7. The van der Waals surface area contributed by atoms with Crippen LogP contribution in [-0.2, 0) is 30.4 Å². The third-order valence-corrected chi connectivity index (χ3v) is 5.26. The van der Waals surface area contributed by atoms with Gasteiger partial charge < -0.3 is 31.9 Å². The predicted molar refractivity (Wildman–Crippen MR) is 126 cm³/mol. The molecule has 182 valence electrons. The monoisotopic (exact) mass is 500 g/mol. The Morgan fingerprint density at radius 2 is 1.33 bits per heavy atom. The molecule has 1 rings (SSSR count). The summed E-state index contributed by atoms with van der Waals surface area (Å²) in [5.74, 6) is -5.16. The number of benzene rings is 1. The first-order chi connectivity index (χ1) is 15.6. The van der Waals surface area contributed by atoms with E-state index in [4.69, 9.17) is 15.9 Å². The number of aliphatic carboxylic acids is 2. The number of amides is 3. The number of nitrogens with two attached hydrogens (primary N) is 1. The summed E-state index contributed by atoms with van der Waals surface area (Å²) in [6.45, 7) is 0. The topological polar surface area (TPSA) is 188 Å². The van der Waals surface area contributed by atoms with Gasteiger partial charge in [0, 0.05) is 17.9 Å². The molecule has 0 fully saturated rings. The van der Waals surface area contributed by atoms with Crippen molar-refractivity contribution in [2.45, 2.75) is 43.4 Å². The SMILES string of the molecule is NC(Cc1ccccc1)C(=O)NC(CCC(=O)O)C(=O)NC(CS)C(=O)NC(CS)C(=O)O. The summed E-state index contributed by atoms with van der Waals surface area (Å²) in [6.07, 6.45) is -0.479. The molecule has 1 aromatic carbocycles. The fraction of sp³-hybridized carbons (Fsp3) is 0.450. The zero-order chi connectivity index (χ0) is 25.0. The van der Waals surface area contributed by atoms with E-state index in [2.05, 4.69) is 41.2 Å². The van der Waals surface area contributed by atoms with E-state index < -0.39 is 60.2 Å². The molecular weight excluding hydrogens is 472 g/mol. The van der Waals surface area contributed by atoms with Gasteiger partial charge in [0.05, 0.1) is 6.04 Å². The third kappa shape index (κ3) is 10.1. The average molecular weight is 501 g/mol. The second-order valence-electron chi connectivity index (χ2n) is 7.12. The smallest absolute Gasteiger partial charge is 0.327 e. The van der Waals surface area contributed by atoms with Crippen molar-refractivity contribution in [1.29, 1.82) is 0 Å². The van der Waals surface area contributed by atoms with E-state index >= 15 is 0 Å². The quantitative estimate of drug-likeness (QED) is 0.147. The molecule has 0 aliphatic rings. The Labute approximate surface area is 201 Å². The van der Waals surface area contributed by atoms with Crippen LogP contribution in [0.2, 0.25) is 0 Å². The number of hydrogen-bond donors (Lipinski definition) is 8. The Morgan fingerprint density at radius 3 is 1.85 bits per heavy atom. The maximum atomic E-state index is 12.7. The molecule has 3 amide bonds. The number of nitrogens with one attached hydrogen (secondary N) is 3. The second kappa shape index (κ2) is 14.4. The van der Waals surface area contributed by atoms with Gasteiger partial charge in [0.15, 0.2) is 0 Å². The fourth-order valence-corrected chi connectivity index (χ4v) is 3.20. The summed E-state index contributed by atoms with van der Waals surface area (Å²) in [6, 6.07) is 4.16. The summed E-state index contributed by atoms with van der Waals surface area (Å²) in [5.41, 5.74) is 6.73. The van der Waals surface area contributed by atoms with Gasteiger partial charge >= 0.3 is 11.9 Å². The standard InChI is InChI=1S/C20H28N4O7S2/c21-12(8-11-4-2-1-3-5-11)17(27)22-13(6-7-16(25)26)18(28)23-14(9-32)19(29)24-15(10-33)20(30)31/h1-5,12-15,32-33H,6-10,21H2,(H,22,27)(H,23,28)(H,24,29)(H,25,26)(H,30,31). The van der Waals surface area contributed by atoms with Crippen LogP contribution in [0.15, 0.2) is 30.3 Å². The first kappa shape index (κ1) is 28.3. The van der Waals surface area contributed by atoms with Crippen LogP contribution in [0.1, 0.15) is 18.4 Å². The highest BCUT2D eigenvalue weighted by Crippen LogP contribution is 2.05. The summed E-state index contributed by atoms with van der Waals surface area (Å²) in [4.78, 5) is 59.7. The molecule has 0 saturated carbocycles. The number of carbonyl (C=O) groups excluding carboxylic acids is 3. The number of carbonyl (C=O) groups is 5. The number of carboxylic acids is 2. The molecule has 0 aromatic heterocycles. The molecule has 0 heterocycles. The summed E-state index contributed by atoms with van der Waals surface area (Å²) >= 11 is 7.85. The molecule has 11 nitrogen and oxygen atoms in total. The largest absolute Gasteiger partial charge is 0.481 e. The van der Waals surface area contributed by atoms with E-state index in [-0.39, 0.29) is 24.3 Å². The van der Waals surface area contributed by atoms with Crippen LogP contribution in [0.3, 0.4) is 0 Å². The molecule has 0 bridgehead atoms. The van der Waals surface area contributed by atoms with Gasteiger partial charge in [-0.15, -0.1) is 0 Å².